The van der Waals surface area contributed by atoms with Crippen molar-refractivity contribution in [1.82, 2.24) is 9.47 Å². The number of aliphatic hydroxyl groups is 1. The van der Waals surface area contributed by atoms with E-state index in [1.807, 2.05) is 31.4 Å². The molecule has 1 N–H and O–H groups in total. The number of aliphatic hydroxyl groups excluding tert-OH is 1. The molecule has 0 radical (unpaired) electrons. The maximum Gasteiger partial charge on any atom is 0.119 e. The second-order valence-corrected chi connectivity index (χ2v) is 6.65. The van der Waals surface area contributed by atoms with Crippen LogP contribution in [0.1, 0.15) is 26.0 Å². The summed E-state index contributed by atoms with van der Waals surface area (Å²) in [5.41, 5.74) is 1.24. The summed E-state index contributed by atoms with van der Waals surface area (Å²) in [6.45, 7) is 6.01. The Morgan fingerprint density at radius 3 is 2.54 bits per heavy atom. The first-order valence-electron chi connectivity index (χ1n) is 8.40. The van der Waals surface area contributed by atoms with Crippen molar-refractivity contribution in [3.8, 4) is 5.75 Å². The molecule has 0 aliphatic carbocycles. The molecule has 2 unspecified atom stereocenters. The molecule has 0 saturated heterocycles. The molecule has 1 aromatic carbocycles. The van der Waals surface area contributed by atoms with Gasteiger partial charge in [-0.25, -0.2) is 0 Å². The highest BCUT2D eigenvalue weighted by Gasteiger charge is 2.18. The van der Waals surface area contributed by atoms with Gasteiger partial charge in [-0.2, -0.15) is 0 Å². The van der Waals surface area contributed by atoms with Gasteiger partial charge in [0.2, 0.25) is 0 Å². The number of rotatable bonds is 9. The van der Waals surface area contributed by atoms with Gasteiger partial charge in [0.05, 0.1) is 0 Å². The average Bonchev–Trinajstić information content (AvgIpc) is 2.98. The molecule has 0 amide bonds. The Hall–Kier alpha value is -1.49. The van der Waals surface area contributed by atoms with Gasteiger partial charge in [-0.05, 0) is 49.7 Å². The van der Waals surface area contributed by atoms with E-state index in [-0.39, 0.29) is 6.61 Å². The molecule has 1 heterocycles. The third-order valence-electron chi connectivity index (χ3n) is 4.33. The van der Waals surface area contributed by atoms with Gasteiger partial charge >= 0.3 is 0 Å². The number of benzene rings is 1. The number of hydrogen-bond donors (Lipinski definition) is 1. The van der Waals surface area contributed by atoms with E-state index in [9.17, 15) is 5.11 Å². The Labute approximate surface area is 149 Å². The lowest BCUT2D eigenvalue weighted by Gasteiger charge is -2.30. The Bertz CT molecular complexity index is 612. The molecule has 0 aliphatic rings. The zero-order valence-corrected chi connectivity index (χ0v) is 15.4. The fraction of sp³-hybridized carbons (Fsp3) is 0.474. The maximum absolute atomic E-state index is 10.4. The summed E-state index contributed by atoms with van der Waals surface area (Å²) in [5.74, 6) is 0.718. The summed E-state index contributed by atoms with van der Waals surface area (Å²) in [4.78, 5) is 2.30. The normalized spacial score (nSPS) is 13.9. The number of ether oxygens (including phenoxy) is 1. The Morgan fingerprint density at radius 2 is 1.96 bits per heavy atom. The van der Waals surface area contributed by atoms with E-state index in [4.69, 9.17) is 16.3 Å². The monoisotopic (exact) mass is 350 g/mol. The smallest absolute Gasteiger partial charge is 0.119 e. The number of aryl methyl sites for hydroxylation is 1. The molecule has 2 rings (SSSR count). The zero-order chi connectivity index (χ0) is 17.5. The van der Waals surface area contributed by atoms with Crippen LogP contribution >= 0.6 is 11.6 Å². The molecular formula is C19H27ClN2O2. The first-order valence-corrected chi connectivity index (χ1v) is 8.78. The van der Waals surface area contributed by atoms with Crippen molar-refractivity contribution in [2.45, 2.75) is 39.0 Å². The summed E-state index contributed by atoms with van der Waals surface area (Å²) >= 11 is 5.86. The molecule has 5 heteroatoms. The average molecular weight is 351 g/mol. The quantitative estimate of drug-likeness (QED) is 0.749. The molecule has 4 nitrogen and oxygen atoms in total. The number of aromatic nitrogens is 1. The first kappa shape index (κ1) is 18.8. The molecule has 132 valence electrons. The van der Waals surface area contributed by atoms with Gasteiger partial charge in [0.25, 0.3) is 0 Å². The molecule has 1 aromatic heterocycles. The van der Waals surface area contributed by atoms with Crippen molar-refractivity contribution in [3.63, 3.8) is 0 Å². The molecule has 2 aromatic rings. The molecule has 0 bridgehead atoms. The first-order chi connectivity index (χ1) is 11.5. The molecule has 0 aliphatic heterocycles. The van der Waals surface area contributed by atoms with Crippen LogP contribution in [0, 0.1) is 0 Å². The number of hydrogen-bond acceptors (Lipinski definition) is 3. The number of nitrogens with zero attached hydrogens (tertiary/aromatic N) is 2. The highest BCUT2D eigenvalue weighted by atomic mass is 35.5. The van der Waals surface area contributed by atoms with E-state index in [0.29, 0.717) is 17.6 Å². The third-order valence-corrected chi connectivity index (χ3v) is 4.58. The van der Waals surface area contributed by atoms with Crippen LogP contribution in [0.3, 0.4) is 0 Å². The van der Waals surface area contributed by atoms with Crippen molar-refractivity contribution in [1.29, 1.82) is 0 Å². The topological polar surface area (TPSA) is 37.6 Å². The van der Waals surface area contributed by atoms with Gasteiger partial charge in [0, 0.05) is 43.1 Å². The number of halogens is 1. The molecule has 0 spiro atoms. The predicted octanol–water partition coefficient (Wildman–Crippen LogP) is 3.72. The van der Waals surface area contributed by atoms with E-state index in [1.54, 1.807) is 12.1 Å². The minimum atomic E-state index is -0.546. The van der Waals surface area contributed by atoms with Crippen LogP contribution in [-0.4, -0.2) is 39.9 Å². The summed E-state index contributed by atoms with van der Waals surface area (Å²) in [6.07, 6.45) is 2.54. The SMILES string of the molecule is CCC(C)N(Cc1cccn1C)CC(O)COc1ccc(Cl)cc1. The fourth-order valence-electron chi connectivity index (χ4n) is 2.57. The van der Waals surface area contributed by atoms with Crippen LogP contribution in [0.5, 0.6) is 5.75 Å². The van der Waals surface area contributed by atoms with E-state index in [2.05, 4.69) is 29.4 Å². The molecule has 2 atom stereocenters. The van der Waals surface area contributed by atoms with E-state index in [0.717, 1.165) is 18.7 Å². The minimum absolute atomic E-state index is 0.266. The van der Waals surface area contributed by atoms with E-state index >= 15 is 0 Å². The summed E-state index contributed by atoms with van der Waals surface area (Å²) in [5, 5.41) is 11.1. The van der Waals surface area contributed by atoms with Crippen LogP contribution in [0.25, 0.3) is 0 Å². The predicted molar refractivity (Wildman–Crippen MR) is 98.5 cm³/mol. The Balaban J connectivity index is 1.90. The fourth-order valence-corrected chi connectivity index (χ4v) is 2.70. The van der Waals surface area contributed by atoms with Gasteiger partial charge in [0.1, 0.15) is 18.5 Å². The van der Waals surface area contributed by atoms with E-state index < -0.39 is 6.10 Å². The second-order valence-electron chi connectivity index (χ2n) is 6.22. The summed E-state index contributed by atoms with van der Waals surface area (Å²) < 4.78 is 7.77. The van der Waals surface area contributed by atoms with Crippen molar-refractivity contribution < 1.29 is 9.84 Å². The standard InChI is InChI=1S/C19H27ClN2O2/c1-4-15(2)22(12-17-6-5-11-21(17)3)13-18(23)14-24-19-9-7-16(20)8-10-19/h5-11,15,18,23H,4,12-14H2,1-3H3. The Kier molecular flexibility index (Phi) is 7.16. The minimum Gasteiger partial charge on any atom is -0.491 e. The van der Waals surface area contributed by atoms with E-state index in [1.165, 1.54) is 5.69 Å². The maximum atomic E-state index is 10.4. The van der Waals surface area contributed by atoms with Crippen LogP contribution in [0.15, 0.2) is 42.6 Å². The van der Waals surface area contributed by atoms with Crippen molar-refractivity contribution in [3.05, 3.63) is 53.3 Å². The van der Waals surface area contributed by atoms with Gasteiger partial charge in [-0.15, -0.1) is 0 Å². The van der Waals surface area contributed by atoms with Crippen molar-refractivity contribution in [2.24, 2.45) is 7.05 Å². The second kappa shape index (κ2) is 9.11. The van der Waals surface area contributed by atoms with Crippen LogP contribution in [-0.2, 0) is 13.6 Å². The summed E-state index contributed by atoms with van der Waals surface area (Å²) in [6, 6.07) is 11.7. The van der Waals surface area contributed by atoms with Gasteiger partial charge in [-0.1, -0.05) is 18.5 Å². The lowest BCUT2D eigenvalue weighted by Crippen LogP contribution is -2.40. The van der Waals surface area contributed by atoms with Crippen molar-refractivity contribution >= 4 is 11.6 Å². The third kappa shape index (κ3) is 5.55. The van der Waals surface area contributed by atoms with Crippen LogP contribution in [0.2, 0.25) is 5.02 Å². The van der Waals surface area contributed by atoms with Crippen molar-refractivity contribution in [2.75, 3.05) is 13.2 Å². The van der Waals surface area contributed by atoms with Gasteiger partial charge < -0.3 is 14.4 Å². The zero-order valence-electron chi connectivity index (χ0n) is 14.7. The van der Waals surface area contributed by atoms with Gasteiger partial charge in [-0.3, -0.25) is 4.90 Å². The molecule has 0 saturated carbocycles. The van der Waals surface area contributed by atoms with Gasteiger partial charge in [0.15, 0.2) is 0 Å². The molecule has 0 fully saturated rings. The molecular weight excluding hydrogens is 324 g/mol. The largest absolute Gasteiger partial charge is 0.491 e. The highest BCUT2D eigenvalue weighted by molar-refractivity contribution is 6.30. The lowest BCUT2D eigenvalue weighted by molar-refractivity contribution is 0.0497. The molecule has 24 heavy (non-hydrogen) atoms. The van der Waals surface area contributed by atoms with Crippen LogP contribution in [0.4, 0.5) is 0 Å². The summed E-state index contributed by atoms with van der Waals surface area (Å²) in [7, 11) is 2.05. The lowest BCUT2D eigenvalue weighted by atomic mass is 10.2. The Morgan fingerprint density at radius 1 is 1.25 bits per heavy atom. The van der Waals surface area contributed by atoms with Crippen LogP contribution < -0.4 is 4.74 Å². The highest BCUT2D eigenvalue weighted by Crippen LogP contribution is 2.16.